The van der Waals surface area contributed by atoms with E-state index in [0.717, 1.165) is 12.8 Å². The van der Waals surface area contributed by atoms with Crippen molar-refractivity contribution in [3.05, 3.63) is 0 Å². The van der Waals surface area contributed by atoms with Crippen LogP contribution in [0.5, 0.6) is 0 Å². The van der Waals surface area contributed by atoms with Crippen LogP contribution in [0.1, 0.15) is 51.9 Å². The van der Waals surface area contributed by atoms with Crippen molar-refractivity contribution >= 4 is 11.9 Å². The summed E-state index contributed by atoms with van der Waals surface area (Å²) in [6, 6.07) is 0.318. The Labute approximate surface area is 113 Å². The van der Waals surface area contributed by atoms with E-state index in [9.17, 15) is 9.59 Å². The Bertz CT molecular complexity index is 338. The fourth-order valence-corrected chi connectivity index (χ4v) is 3.17. The van der Waals surface area contributed by atoms with Crippen LogP contribution in [0.4, 0.5) is 0 Å². The monoisotopic (exact) mass is 269 g/mol. The van der Waals surface area contributed by atoms with Gasteiger partial charge in [-0.3, -0.25) is 4.79 Å². The molecule has 1 amide bonds. The number of carbonyl (C=O) groups excluding carboxylic acids is 1. The summed E-state index contributed by atoms with van der Waals surface area (Å²) in [5.41, 5.74) is 0. The summed E-state index contributed by atoms with van der Waals surface area (Å²) in [6.07, 6.45) is 5.34. The average Bonchev–Trinajstić information content (AvgIpc) is 2.90. The van der Waals surface area contributed by atoms with Crippen LogP contribution in [0.3, 0.4) is 0 Å². The molecule has 2 fully saturated rings. The molecule has 1 aliphatic heterocycles. The number of rotatable bonds is 4. The minimum absolute atomic E-state index is 0.0156. The van der Waals surface area contributed by atoms with E-state index >= 15 is 0 Å². The molecule has 0 aromatic heterocycles. The summed E-state index contributed by atoms with van der Waals surface area (Å²) in [7, 11) is 0. The molecule has 5 nitrogen and oxygen atoms in total. The van der Waals surface area contributed by atoms with E-state index in [1.807, 2.05) is 11.8 Å². The third kappa shape index (κ3) is 3.26. The van der Waals surface area contributed by atoms with E-state index in [2.05, 4.69) is 0 Å². The SMILES string of the molecule is CCN(C(=O)C1CCC(C(=O)O)O1)C1CCCCC1. The second-order valence-electron chi connectivity index (χ2n) is 5.45. The van der Waals surface area contributed by atoms with Gasteiger partial charge in [-0.1, -0.05) is 19.3 Å². The molecule has 1 saturated carbocycles. The Morgan fingerprint density at radius 2 is 1.74 bits per heavy atom. The van der Waals surface area contributed by atoms with Gasteiger partial charge in [0, 0.05) is 12.6 Å². The minimum Gasteiger partial charge on any atom is -0.479 e. The first-order valence-electron chi connectivity index (χ1n) is 7.32. The van der Waals surface area contributed by atoms with Crippen molar-refractivity contribution in [3.63, 3.8) is 0 Å². The molecule has 0 radical (unpaired) electrons. The zero-order valence-electron chi connectivity index (χ0n) is 11.5. The number of amides is 1. The molecule has 2 unspecified atom stereocenters. The first-order chi connectivity index (χ1) is 9.13. The first-order valence-corrected chi connectivity index (χ1v) is 7.32. The Morgan fingerprint density at radius 3 is 2.26 bits per heavy atom. The van der Waals surface area contributed by atoms with Crippen LogP contribution >= 0.6 is 0 Å². The molecule has 1 N–H and O–H groups in total. The predicted octanol–water partition coefficient (Wildman–Crippen LogP) is 1.80. The van der Waals surface area contributed by atoms with Gasteiger partial charge < -0.3 is 14.7 Å². The van der Waals surface area contributed by atoms with Gasteiger partial charge in [-0.25, -0.2) is 4.79 Å². The summed E-state index contributed by atoms with van der Waals surface area (Å²) in [5.74, 6) is -0.978. The fourth-order valence-electron chi connectivity index (χ4n) is 3.17. The number of hydrogen-bond acceptors (Lipinski definition) is 3. The molecule has 1 saturated heterocycles. The molecule has 2 atom stereocenters. The van der Waals surface area contributed by atoms with Gasteiger partial charge in [0.1, 0.15) is 6.10 Å². The molecule has 2 aliphatic rings. The molecule has 108 valence electrons. The van der Waals surface area contributed by atoms with Crippen molar-refractivity contribution < 1.29 is 19.4 Å². The van der Waals surface area contributed by atoms with Crippen molar-refractivity contribution in [1.82, 2.24) is 4.90 Å². The van der Waals surface area contributed by atoms with E-state index < -0.39 is 18.2 Å². The summed E-state index contributed by atoms with van der Waals surface area (Å²) >= 11 is 0. The van der Waals surface area contributed by atoms with Crippen molar-refractivity contribution in [2.75, 3.05) is 6.54 Å². The molecule has 1 aliphatic carbocycles. The molecular weight excluding hydrogens is 246 g/mol. The predicted molar refractivity (Wildman–Crippen MR) is 69.8 cm³/mol. The molecule has 0 aromatic carbocycles. The van der Waals surface area contributed by atoms with Crippen LogP contribution in [-0.2, 0) is 14.3 Å². The van der Waals surface area contributed by atoms with Gasteiger partial charge in [0.05, 0.1) is 0 Å². The third-order valence-corrected chi connectivity index (χ3v) is 4.21. The number of carboxylic acid groups (broad SMARTS) is 1. The Morgan fingerprint density at radius 1 is 1.11 bits per heavy atom. The number of hydrogen-bond donors (Lipinski definition) is 1. The normalized spacial score (nSPS) is 28.3. The lowest BCUT2D eigenvalue weighted by molar-refractivity contribution is -0.155. The second-order valence-corrected chi connectivity index (χ2v) is 5.45. The summed E-state index contributed by atoms with van der Waals surface area (Å²) in [5, 5.41) is 8.91. The lowest BCUT2D eigenvalue weighted by Crippen LogP contribution is -2.46. The lowest BCUT2D eigenvalue weighted by Gasteiger charge is -2.35. The second kappa shape index (κ2) is 6.37. The molecule has 0 bridgehead atoms. The number of nitrogens with zero attached hydrogens (tertiary/aromatic N) is 1. The minimum atomic E-state index is -0.962. The van der Waals surface area contributed by atoms with Crippen LogP contribution in [0.2, 0.25) is 0 Å². The Hall–Kier alpha value is -1.10. The smallest absolute Gasteiger partial charge is 0.332 e. The number of carbonyl (C=O) groups is 2. The van der Waals surface area contributed by atoms with Crippen molar-refractivity contribution in [3.8, 4) is 0 Å². The van der Waals surface area contributed by atoms with E-state index in [0.29, 0.717) is 25.4 Å². The highest BCUT2D eigenvalue weighted by atomic mass is 16.5. The number of carboxylic acids is 1. The molecule has 19 heavy (non-hydrogen) atoms. The highest BCUT2D eigenvalue weighted by Crippen LogP contribution is 2.26. The van der Waals surface area contributed by atoms with Gasteiger partial charge in [-0.15, -0.1) is 0 Å². The van der Waals surface area contributed by atoms with Gasteiger partial charge in [0.2, 0.25) is 0 Å². The molecule has 1 heterocycles. The summed E-state index contributed by atoms with van der Waals surface area (Å²) in [6.45, 7) is 2.66. The lowest BCUT2D eigenvalue weighted by atomic mass is 9.93. The Balaban J connectivity index is 1.95. The fraction of sp³-hybridized carbons (Fsp3) is 0.857. The summed E-state index contributed by atoms with van der Waals surface area (Å²) in [4.78, 5) is 25.2. The maximum Gasteiger partial charge on any atom is 0.332 e. The van der Waals surface area contributed by atoms with Crippen molar-refractivity contribution in [2.45, 2.75) is 70.1 Å². The molecule has 5 heteroatoms. The van der Waals surface area contributed by atoms with Crippen LogP contribution < -0.4 is 0 Å². The van der Waals surface area contributed by atoms with Gasteiger partial charge in [-0.2, -0.15) is 0 Å². The number of aliphatic carboxylic acids is 1. The van der Waals surface area contributed by atoms with Crippen LogP contribution in [-0.4, -0.2) is 46.7 Å². The maximum atomic E-state index is 12.5. The topological polar surface area (TPSA) is 66.8 Å². The molecule has 2 rings (SSSR count). The zero-order chi connectivity index (χ0) is 13.8. The third-order valence-electron chi connectivity index (χ3n) is 4.21. The quantitative estimate of drug-likeness (QED) is 0.845. The number of likely N-dealkylation sites (N-methyl/N-ethyl adjacent to an activating group) is 1. The van der Waals surface area contributed by atoms with E-state index in [1.54, 1.807) is 0 Å². The standard InChI is InChI=1S/C14H23NO4/c1-2-15(10-6-4-3-5-7-10)13(16)11-8-9-12(19-11)14(17)18/h10-12H,2-9H2,1H3,(H,17,18). The van der Waals surface area contributed by atoms with Gasteiger partial charge in [0.25, 0.3) is 5.91 Å². The van der Waals surface area contributed by atoms with Crippen molar-refractivity contribution in [2.24, 2.45) is 0 Å². The maximum absolute atomic E-state index is 12.5. The van der Waals surface area contributed by atoms with Crippen LogP contribution in [0.25, 0.3) is 0 Å². The van der Waals surface area contributed by atoms with Crippen LogP contribution in [0, 0.1) is 0 Å². The van der Waals surface area contributed by atoms with Crippen LogP contribution in [0.15, 0.2) is 0 Å². The zero-order valence-corrected chi connectivity index (χ0v) is 11.5. The van der Waals surface area contributed by atoms with Crippen molar-refractivity contribution in [1.29, 1.82) is 0 Å². The largest absolute Gasteiger partial charge is 0.479 e. The van der Waals surface area contributed by atoms with E-state index in [1.165, 1.54) is 19.3 Å². The van der Waals surface area contributed by atoms with Gasteiger partial charge in [-0.05, 0) is 32.6 Å². The number of ether oxygens (including phenoxy) is 1. The van der Waals surface area contributed by atoms with Gasteiger partial charge in [0.15, 0.2) is 6.10 Å². The molecule has 0 spiro atoms. The highest BCUT2D eigenvalue weighted by Gasteiger charge is 2.38. The van der Waals surface area contributed by atoms with Gasteiger partial charge >= 0.3 is 5.97 Å². The average molecular weight is 269 g/mol. The van der Waals surface area contributed by atoms with E-state index in [4.69, 9.17) is 9.84 Å². The highest BCUT2D eigenvalue weighted by molar-refractivity contribution is 5.83. The molecule has 0 aromatic rings. The first kappa shape index (κ1) is 14.3. The Kier molecular flexibility index (Phi) is 4.80. The molecular formula is C14H23NO4. The van der Waals surface area contributed by atoms with E-state index in [-0.39, 0.29) is 5.91 Å². The summed E-state index contributed by atoms with van der Waals surface area (Å²) < 4.78 is 5.37.